The van der Waals surface area contributed by atoms with Gasteiger partial charge in [-0.3, -0.25) is 0 Å². The lowest BCUT2D eigenvalue weighted by Gasteiger charge is -2.28. The van der Waals surface area contributed by atoms with Gasteiger partial charge in [-0.15, -0.1) is 12.3 Å². The summed E-state index contributed by atoms with van der Waals surface area (Å²) in [6.45, 7) is 2.20. The molecule has 1 aliphatic carbocycles. The standard InChI is InChI=1S/C16H21N/c1-3-7-15(4-2)17-16-11-10-13-8-5-6-9-14(13)12-16/h1,5-6,8-9,15-17H,4,7,10-12H2,2H3. The lowest BCUT2D eigenvalue weighted by molar-refractivity contribution is 0.388. The predicted octanol–water partition coefficient (Wildman–Crippen LogP) is 2.94. The van der Waals surface area contributed by atoms with Gasteiger partial charge in [-0.05, 0) is 36.8 Å². The maximum Gasteiger partial charge on any atom is 0.0240 e. The molecule has 1 aromatic carbocycles. The van der Waals surface area contributed by atoms with Gasteiger partial charge in [0.05, 0.1) is 0 Å². The van der Waals surface area contributed by atoms with Crippen LogP contribution in [0.2, 0.25) is 0 Å². The van der Waals surface area contributed by atoms with Crippen LogP contribution in [0.1, 0.15) is 37.3 Å². The molecule has 0 spiro atoms. The number of aryl methyl sites for hydroxylation is 1. The number of hydrogen-bond donors (Lipinski definition) is 1. The van der Waals surface area contributed by atoms with Crippen molar-refractivity contribution in [3.63, 3.8) is 0 Å². The first kappa shape index (κ1) is 12.2. The van der Waals surface area contributed by atoms with Gasteiger partial charge in [0.15, 0.2) is 0 Å². The van der Waals surface area contributed by atoms with Gasteiger partial charge in [-0.25, -0.2) is 0 Å². The molecular formula is C16H21N. The van der Waals surface area contributed by atoms with Crippen LogP contribution in [0.5, 0.6) is 0 Å². The van der Waals surface area contributed by atoms with E-state index in [4.69, 9.17) is 6.42 Å². The molecule has 90 valence electrons. The van der Waals surface area contributed by atoms with E-state index in [1.54, 1.807) is 0 Å². The monoisotopic (exact) mass is 227 g/mol. The van der Waals surface area contributed by atoms with Gasteiger partial charge in [0, 0.05) is 18.5 Å². The van der Waals surface area contributed by atoms with Crippen LogP contribution in [-0.2, 0) is 12.8 Å². The molecule has 0 heterocycles. The molecule has 0 radical (unpaired) electrons. The second kappa shape index (κ2) is 5.89. The molecule has 2 rings (SSSR count). The minimum absolute atomic E-state index is 0.482. The fourth-order valence-electron chi connectivity index (χ4n) is 2.64. The molecule has 1 N–H and O–H groups in total. The fraction of sp³-hybridized carbons (Fsp3) is 0.500. The zero-order valence-electron chi connectivity index (χ0n) is 10.6. The molecular weight excluding hydrogens is 206 g/mol. The zero-order chi connectivity index (χ0) is 12.1. The Morgan fingerprint density at radius 1 is 1.41 bits per heavy atom. The molecule has 0 aliphatic heterocycles. The molecule has 2 atom stereocenters. The van der Waals surface area contributed by atoms with Gasteiger partial charge >= 0.3 is 0 Å². The molecule has 1 nitrogen and oxygen atoms in total. The lowest BCUT2D eigenvalue weighted by atomic mass is 9.88. The van der Waals surface area contributed by atoms with Crippen LogP contribution in [0, 0.1) is 12.3 Å². The lowest BCUT2D eigenvalue weighted by Crippen LogP contribution is -2.41. The summed E-state index contributed by atoms with van der Waals surface area (Å²) in [5.74, 6) is 2.76. The summed E-state index contributed by atoms with van der Waals surface area (Å²) < 4.78 is 0. The molecule has 2 unspecified atom stereocenters. The molecule has 0 aromatic heterocycles. The molecule has 1 aliphatic rings. The average Bonchev–Trinajstić information content (AvgIpc) is 2.38. The van der Waals surface area contributed by atoms with E-state index in [2.05, 4.69) is 42.4 Å². The molecule has 1 heteroatoms. The SMILES string of the molecule is C#CCC(CC)NC1CCc2ccccc2C1. The minimum Gasteiger partial charge on any atom is -0.310 e. The summed E-state index contributed by atoms with van der Waals surface area (Å²) in [5, 5.41) is 3.70. The summed E-state index contributed by atoms with van der Waals surface area (Å²) in [5.41, 5.74) is 3.03. The quantitative estimate of drug-likeness (QED) is 0.780. The Morgan fingerprint density at radius 2 is 2.18 bits per heavy atom. The maximum absolute atomic E-state index is 5.40. The van der Waals surface area contributed by atoms with Gasteiger partial charge in [0.25, 0.3) is 0 Å². The van der Waals surface area contributed by atoms with Gasteiger partial charge in [0.2, 0.25) is 0 Å². The molecule has 0 fully saturated rings. The highest BCUT2D eigenvalue weighted by atomic mass is 14.9. The zero-order valence-corrected chi connectivity index (χ0v) is 10.6. The number of nitrogens with one attached hydrogen (secondary N) is 1. The normalized spacial score (nSPS) is 20.4. The van der Waals surface area contributed by atoms with Crippen LogP contribution in [0.25, 0.3) is 0 Å². The van der Waals surface area contributed by atoms with Gasteiger partial charge in [-0.1, -0.05) is 31.2 Å². The van der Waals surface area contributed by atoms with E-state index in [0.29, 0.717) is 12.1 Å². The number of terminal acetylenes is 1. The minimum atomic E-state index is 0.482. The second-order valence-electron chi connectivity index (χ2n) is 4.89. The van der Waals surface area contributed by atoms with Crippen molar-refractivity contribution in [2.24, 2.45) is 0 Å². The second-order valence-corrected chi connectivity index (χ2v) is 4.89. The number of benzene rings is 1. The molecule has 0 bridgehead atoms. The number of hydrogen-bond acceptors (Lipinski definition) is 1. The maximum atomic E-state index is 5.40. The van der Waals surface area contributed by atoms with Crippen molar-refractivity contribution in [1.82, 2.24) is 5.32 Å². The van der Waals surface area contributed by atoms with Crippen molar-refractivity contribution < 1.29 is 0 Å². The molecule has 0 saturated heterocycles. The van der Waals surface area contributed by atoms with Crippen molar-refractivity contribution in [3.05, 3.63) is 35.4 Å². The topological polar surface area (TPSA) is 12.0 Å². The third-order valence-electron chi connectivity index (χ3n) is 3.68. The van der Waals surface area contributed by atoms with Crippen LogP contribution >= 0.6 is 0 Å². The predicted molar refractivity (Wildman–Crippen MR) is 72.9 cm³/mol. The van der Waals surface area contributed by atoms with Crippen molar-refractivity contribution in [2.75, 3.05) is 0 Å². The van der Waals surface area contributed by atoms with Crippen LogP contribution in [0.4, 0.5) is 0 Å². The van der Waals surface area contributed by atoms with Crippen molar-refractivity contribution in [1.29, 1.82) is 0 Å². The van der Waals surface area contributed by atoms with E-state index >= 15 is 0 Å². The van der Waals surface area contributed by atoms with Crippen LogP contribution in [0.3, 0.4) is 0 Å². The Balaban J connectivity index is 1.96. The third kappa shape index (κ3) is 3.11. The Bertz CT molecular complexity index is 402. The van der Waals surface area contributed by atoms with E-state index in [-0.39, 0.29) is 0 Å². The van der Waals surface area contributed by atoms with Crippen molar-refractivity contribution in [2.45, 2.75) is 51.1 Å². The van der Waals surface area contributed by atoms with Crippen LogP contribution < -0.4 is 5.32 Å². The van der Waals surface area contributed by atoms with E-state index < -0.39 is 0 Å². The third-order valence-corrected chi connectivity index (χ3v) is 3.68. The van der Waals surface area contributed by atoms with Crippen LogP contribution in [-0.4, -0.2) is 12.1 Å². The van der Waals surface area contributed by atoms with Crippen molar-refractivity contribution in [3.8, 4) is 12.3 Å². The highest BCUT2D eigenvalue weighted by Gasteiger charge is 2.19. The van der Waals surface area contributed by atoms with E-state index in [1.807, 2.05) is 0 Å². The molecule has 0 amide bonds. The van der Waals surface area contributed by atoms with Crippen LogP contribution in [0.15, 0.2) is 24.3 Å². The molecule has 1 aromatic rings. The number of rotatable bonds is 4. The summed E-state index contributed by atoms with van der Waals surface area (Å²) in [6.07, 6.45) is 10.9. The first-order valence-corrected chi connectivity index (χ1v) is 6.59. The summed E-state index contributed by atoms with van der Waals surface area (Å²) in [6, 6.07) is 9.87. The van der Waals surface area contributed by atoms with E-state index in [1.165, 1.54) is 24.0 Å². The molecule has 0 saturated carbocycles. The Hall–Kier alpha value is -1.26. The van der Waals surface area contributed by atoms with Gasteiger partial charge in [0.1, 0.15) is 0 Å². The first-order valence-electron chi connectivity index (χ1n) is 6.59. The summed E-state index contributed by atoms with van der Waals surface area (Å²) in [7, 11) is 0. The average molecular weight is 227 g/mol. The van der Waals surface area contributed by atoms with Crippen molar-refractivity contribution >= 4 is 0 Å². The number of fused-ring (bicyclic) bond motifs is 1. The van der Waals surface area contributed by atoms with Gasteiger partial charge < -0.3 is 5.32 Å². The fourth-order valence-corrected chi connectivity index (χ4v) is 2.64. The van der Waals surface area contributed by atoms with E-state index in [9.17, 15) is 0 Å². The first-order chi connectivity index (χ1) is 8.33. The van der Waals surface area contributed by atoms with Gasteiger partial charge in [-0.2, -0.15) is 0 Å². The highest BCUT2D eigenvalue weighted by Crippen LogP contribution is 2.21. The Kier molecular flexibility index (Phi) is 4.23. The smallest absolute Gasteiger partial charge is 0.0240 e. The summed E-state index contributed by atoms with van der Waals surface area (Å²) in [4.78, 5) is 0. The Labute approximate surface area is 105 Å². The highest BCUT2D eigenvalue weighted by molar-refractivity contribution is 5.30. The molecule has 17 heavy (non-hydrogen) atoms. The van der Waals surface area contributed by atoms with E-state index in [0.717, 1.165) is 19.3 Å². The Morgan fingerprint density at radius 3 is 2.88 bits per heavy atom. The largest absolute Gasteiger partial charge is 0.310 e. The summed E-state index contributed by atoms with van der Waals surface area (Å²) >= 11 is 0.